The molecule has 1 aromatic carbocycles. The van der Waals surface area contributed by atoms with Crippen LogP contribution < -0.4 is 5.73 Å². The summed E-state index contributed by atoms with van der Waals surface area (Å²) in [6.45, 7) is 2.22. The number of aryl methyl sites for hydroxylation is 1. The number of imidazole rings is 1. The van der Waals surface area contributed by atoms with E-state index in [-0.39, 0.29) is 5.82 Å². The van der Waals surface area contributed by atoms with Gasteiger partial charge in [-0.25, -0.2) is 9.37 Å². The lowest BCUT2D eigenvalue weighted by Crippen LogP contribution is -2.04. The minimum absolute atomic E-state index is 0.289. The minimum Gasteiger partial charge on any atom is -0.369 e. The number of nitrogen functional groups attached to an aromatic ring is 1. The number of benzene rings is 1. The van der Waals surface area contributed by atoms with Gasteiger partial charge in [0.25, 0.3) is 0 Å². The maximum atomic E-state index is 13.7. The first kappa shape index (κ1) is 12.4. The smallest absolute Gasteiger partial charge is 0.201 e. The van der Waals surface area contributed by atoms with E-state index >= 15 is 0 Å². The molecule has 7 heteroatoms. The number of nitrogens with zero attached hydrogens (tertiary/aromatic N) is 3. The van der Waals surface area contributed by atoms with Crippen molar-refractivity contribution in [3.63, 3.8) is 0 Å². The molecule has 0 radical (unpaired) electrons. The average Bonchev–Trinajstić information content (AvgIpc) is 2.87. The Bertz CT molecular complexity index is 765. The highest BCUT2D eigenvalue weighted by Crippen LogP contribution is 2.24. The predicted molar refractivity (Wildman–Crippen MR) is 77.2 cm³/mol. The topological polar surface area (TPSA) is 69.9 Å². The second-order valence-corrected chi connectivity index (χ2v) is 5.41. The molecule has 3 rings (SSSR count). The van der Waals surface area contributed by atoms with Crippen molar-refractivity contribution in [3.05, 3.63) is 39.0 Å². The molecule has 2 heterocycles. The Morgan fingerprint density at radius 2 is 2.21 bits per heavy atom. The Labute approximate surface area is 121 Å². The van der Waals surface area contributed by atoms with Crippen LogP contribution in [-0.2, 0) is 6.54 Å². The number of halogens is 2. The third-order valence-corrected chi connectivity index (χ3v) is 3.64. The minimum atomic E-state index is -0.289. The molecule has 0 atom stereocenters. The molecule has 98 valence electrons. The summed E-state index contributed by atoms with van der Waals surface area (Å²) in [4.78, 5) is 4.23. The van der Waals surface area contributed by atoms with Crippen LogP contribution in [0.25, 0.3) is 11.0 Å². The van der Waals surface area contributed by atoms with Crippen LogP contribution in [0.1, 0.15) is 11.5 Å². The lowest BCUT2D eigenvalue weighted by molar-refractivity contribution is 0.374. The number of rotatable bonds is 2. The van der Waals surface area contributed by atoms with Crippen LogP contribution in [-0.4, -0.2) is 14.7 Å². The Kier molecular flexibility index (Phi) is 2.92. The van der Waals surface area contributed by atoms with E-state index in [4.69, 9.17) is 10.3 Å². The van der Waals surface area contributed by atoms with Crippen LogP contribution in [0.4, 0.5) is 10.3 Å². The fourth-order valence-electron chi connectivity index (χ4n) is 1.95. The maximum Gasteiger partial charge on any atom is 0.201 e. The van der Waals surface area contributed by atoms with Gasteiger partial charge in [-0.15, -0.1) is 0 Å². The molecule has 5 nitrogen and oxygen atoms in total. The van der Waals surface area contributed by atoms with Crippen LogP contribution in [0.5, 0.6) is 0 Å². The highest BCUT2D eigenvalue weighted by molar-refractivity contribution is 14.1. The predicted octanol–water partition coefficient (Wildman–Crippen LogP) is 2.71. The Balaban J connectivity index is 2.12. The van der Waals surface area contributed by atoms with Crippen LogP contribution in [0.2, 0.25) is 0 Å². The van der Waals surface area contributed by atoms with Crippen molar-refractivity contribution in [2.24, 2.45) is 0 Å². The van der Waals surface area contributed by atoms with Crippen LogP contribution in [0.3, 0.4) is 0 Å². The zero-order chi connectivity index (χ0) is 13.6. The van der Waals surface area contributed by atoms with E-state index in [1.807, 2.05) is 35.6 Å². The summed E-state index contributed by atoms with van der Waals surface area (Å²) in [5, 5.41) is 3.81. The number of aromatic nitrogens is 3. The zero-order valence-corrected chi connectivity index (χ0v) is 12.2. The molecule has 0 saturated heterocycles. The van der Waals surface area contributed by atoms with Gasteiger partial charge in [-0.1, -0.05) is 5.16 Å². The van der Waals surface area contributed by atoms with E-state index in [1.165, 1.54) is 6.07 Å². The van der Waals surface area contributed by atoms with Crippen molar-refractivity contribution in [1.29, 1.82) is 0 Å². The summed E-state index contributed by atoms with van der Waals surface area (Å²) in [6, 6.07) is 4.92. The highest BCUT2D eigenvalue weighted by atomic mass is 127. The van der Waals surface area contributed by atoms with E-state index < -0.39 is 0 Å². The second-order valence-electron chi connectivity index (χ2n) is 4.25. The number of hydrogen-bond acceptors (Lipinski definition) is 4. The van der Waals surface area contributed by atoms with Crippen LogP contribution >= 0.6 is 22.6 Å². The molecule has 0 aliphatic rings. The average molecular weight is 372 g/mol. The van der Waals surface area contributed by atoms with E-state index in [0.29, 0.717) is 32.9 Å². The fraction of sp³-hybridized carbons (Fsp3) is 0.167. The quantitative estimate of drug-likeness (QED) is 0.703. The summed E-state index contributed by atoms with van der Waals surface area (Å²) in [5.41, 5.74) is 7.97. The van der Waals surface area contributed by atoms with Gasteiger partial charge in [0.05, 0.1) is 26.8 Å². The first-order valence-corrected chi connectivity index (χ1v) is 6.65. The normalized spacial score (nSPS) is 11.3. The third-order valence-electron chi connectivity index (χ3n) is 2.81. The van der Waals surface area contributed by atoms with Crippen molar-refractivity contribution < 1.29 is 8.91 Å². The number of fused-ring (bicyclic) bond motifs is 1. The van der Waals surface area contributed by atoms with Gasteiger partial charge in [0.1, 0.15) is 5.82 Å². The lowest BCUT2D eigenvalue weighted by Gasteiger charge is -2.03. The van der Waals surface area contributed by atoms with Crippen LogP contribution in [0, 0.1) is 16.3 Å². The van der Waals surface area contributed by atoms with Crippen molar-refractivity contribution in [1.82, 2.24) is 14.7 Å². The summed E-state index contributed by atoms with van der Waals surface area (Å²) >= 11 is 1.93. The molecule has 2 aromatic heterocycles. The van der Waals surface area contributed by atoms with Gasteiger partial charge >= 0.3 is 0 Å². The van der Waals surface area contributed by atoms with E-state index in [1.54, 1.807) is 10.6 Å². The SMILES string of the molecule is Cc1cc(Cn2c(N)nc3cc(I)c(F)cc32)on1. The fourth-order valence-corrected chi connectivity index (χ4v) is 2.40. The number of anilines is 1. The first-order chi connectivity index (χ1) is 9.04. The van der Waals surface area contributed by atoms with Gasteiger partial charge in [0.15, 0.2) is 5.76 Å². The summed E-state index contributed by atoms with van der Waals surface area (Å²) in [6.07, 6.45) is 0. The Morgan fingerprint density at radius 3 is 2.89 bits per heavy atom. The molecule has 0 saturated carbocycles. The molecule has 0 unspecified atom stereocenters. The first-order valence-electron chi connectivity index (χ1n) is 5.57. The molecule has 0 aliphatic carbocycles. The van der Waals surface area contributed by atoms with Gasteiger partial charge in [0, 0.05) is 12.1 Å². The molecule has 3 aromatic rings. The van der Waals surface area contributed by atoms with Gasteiger partial charge in [-0.05, 0) is 35.6 Å². The molecular formula is C12H10FIN4O. The monoisotopic (exact) mass is 372 g/mol. The summed E-state index contributed by atoms with van der Waals surface area (Å²) in [5.74, 6) is 0.691. The van der Waals surface area contributed by atoms with Crippen molar-refractivity contribution >= 4 is 39.6 Å². The molecule has 0 aliphatic heterocycles. The molecular weight excluding hydrogens is 362 g/mol. The van der Waals surface area contributed by atoms with Crippen LogP contribution in [0.15, 0.2) is 22.7 Å². The molecule has 0 amide bonds. The molecule has 2 N–H and O–H groups in total. The van der Waals surface area contributed by atoms with Gasteiger partial charge < -0.3 is 14.8 Å². The van der Waals surface area contributed by atoms with Gasteiger partial charge in [-0.2, -0.15) is 0 Å². The lowest BCUT2D eigenvalue weighted by atomic mass is 10.3. The highest BCUT2D eigenvalue weighted by Gasteiger charge is 2.13. The maximum absolute atomic E-state index is 13.7. The molecule has 0 spiro atoms. The standard InChI is InChI=1S/C12H10FIN4O/c1-6-2-7(19-17-6)5-18-11-3-8(13)9(14)4-10(11)16-12(18)15/h2-4H,5H2,1H3,(H2,15,16). The summed E-state index contributed by atoms with van der Waals surface area (Å²) < 4.78 is 21.0. The third kappa shape index (κ3) is 2.18. The van der Waals surface area contributed by atoms with Gasteiger partial charge in [0.2, 0.25) is 5.95 Å². The van der Waals surface area contributed by atoms with E-state index in [0.717, 1.165) is 5.69 Å². The Hall–Kier alpha value is -1.64. The molecule has 0 fully saturated rings. The molecule has 0 bridgehead atoms. The zero-order valence-electron chi connectivity index (χ0n) is 10.0. The largest absolute Gasteiger partial charge is 0.369 e. The second kappa shape index (κ2) is 4.48. The number of nitrogens with two attached hydrogens (primary N) is 1. The van der Waals surface area contributed by atoms with Crippen molar-refractivity contribution in [3.8, 4) is 0 Å². The van der Waals surface area contributed by atoms with Crippen molar-refractivity contribution in [2.45, 2.75) is 13.5 Å². The molecule has 19 heavy (non-hydrogen) atoms. The van der Waals surface area contributed by atoms with Gasteiger partial charge in [-0.3, -0.25) is 0 Å². The van der Waals surface area contributed by atoms with E-state index in [2.05, 4.69) is 10.1 Å². The summed E-state index contributed by atoms with van der Waals surface area (Å²) in [7, 11) is 0. The van der Waals surface area contributed by atoms with Crippen molar-refractivity contribution in [2.75, 3.05) is 5.73 Å². The number of hydrogen-bond donors (Lipinski definition) is 1. The van der Waals surface area contributed by atoms with E-state index in [9.17, 15) is 4.39 Å². The Morgan fingerprint density at radius 1 is 1.42 bits per heavy atom.